The molecule has 0 saturated heterocycles. The Bertz CT molecular complexity index is 3320. The number of hydrogen-bond acceptors (Lipinski definition) is 2. The highest BCUT2D eigenvalue weighted by molar-refractivity contribution is 7.25. The van der Waals surface area contributed by atoms with Crippen molar-refractivity contribution in [2.75, 3.05) is 4.90 Å². The Labute approximate surface area is 333 Å². The number of thiophene rings is 1. The second-order valence-corrected chi connectivity index (χ2v) is 14.1. The SMILES string of the molecule is [2H]c1c([2H])c([2H])c(-c2ccc(N(c3ccc(-c4c([2H])c([2H])c([2H])c([2H])c4[2H])cc3)c3ccc4cc(-c5ccc(-c6ccc7sc8ccccc8c7c6)cc5)ccc4c3)cc2)c([2H])c1[2H]. The van der Waals surface area contributed by atoms with Crippen LogP contribution < -0.4 is 4.90 Å². The molecule has 0 unspecified atom stereocenters. The van der Waals surface area contributed by atoms with E-state index in [2.05, 4.69) is 97.1 Å². The molecule has 0 bridgehead atoms. The Morgan fingerprint density at radius 3 is 1.41 bits per heavy atom. The lowest BCUT2D eigenvalue weighted by molar-refractivity contribution is 1.29. The molecule has 10 rings (SSSR count). The summed E-state index contributed by atoms with van der Waals surface area (Å²) in [5.41, 5.74) is 7.88. The molecule has 254 valence electrons. The molecule has 0 atom stereocenters. The van der Waals surface area contributed by atoms with Crippen LogP contribution in [0.15, 0.2) is 212 Å². The van der Waals surface area contributed by atoms with Crippen molar-refractivity contribution in [3.8, 4) is 44.5 Å². The van der Waals surface area contributed by atoms with Crippen molar-refractivity contribution in [2.45, 2.75) is 0 Å². The summed E-state index contributed by atoms with van der Waals surface area (Å²) in [5, 5.41) is 4.57. The fourth-order valence-corrected chi connectivity index (χ4v) is 8.19. The minimum absolute atomic E-state index is 0.108. The van der Waals surface area contributed by atoms with Gasteiger partial charge in [0, 0.05) is 37.2 Å². The lowest BCUT2D eigenvalue weighted by Gasteiger charge is -2.26. The first-order valence-electron chi connectivity index (χ1n) is 22.6. The third-order valence-electron chi connectivity index (χ3n) is 9.84. The van der Waals surface area contributed by atoms with Crippen LogP contribution in [-0.4, -0.2) is 0 Å². The fourth-order valence-electron chi connectivity index (χ4n) is 7.10. The van der Waals surface area contributed by atoms with E-state index in [9.17, 15) is 0 Å². The zero-order valence-corrected chi connectivity index (χ0v) is 29.6. The van der Waals surface area contributed by atoms with E-state index in [1.165, 1.54) is 25.7 Å². The molecule has 54 heavy (non-hydrogen) atoms. The van der Waals surface area contributed by atoms with Crippen molar-refractivity contribution in [2.24, 2.45) is 0 Å². The Morgan fingerprint density at radius 1 is 0.333 bits per heavy atom. The maximum Gasteiger partial charge on any atom is 0.0629 e. The maximum absolute atomic E-state index is 8.53. The average molecular weight is 716 g/mol. The molecule has 0 aliphatic heterocycles. The first-order chi connectivity index (χ1) is 30.9. The molecule has 1 nitrogen and oxygen atoms in total. The lowest BCUT2D eigenvalue weighted by Crippen LogP contribution is -2.09. The normalized spacial score (nSPS) is 13.9. The lowest BCUT2D eigenvalue weighted by atomic mass is 9.97. The molecule has 0 aliphatic rings. The molecule has 0 radical (unpaired) electrons. The van der Waals surface area contributed by atoms with E-state index < -0.39 is 36.3 Å². The number of hydrogen-bond donors (Lipinski definition) is 0. The number of benzene rings is 9. The monoisotopic (exact) mass is 715 g/mol. The smallest absolute Gasteiger partial charge is 0.0629 e. The van der Waals surface area contributed by atoms with Crippen molar-refractivity contribution in [1.29, 1.82) is 0 Å². The minimum atomic E-state index is -0.452. The maximum atomic E-state index is 8.53. The largest absolute Gasteiger partial charge is 0.310 e. The van der Waals surface area contributed by atoms with Crippen molar-refractivity contribution in [1.82, 2.24) is 0 Å². The zero-order valence-electron chi connectivity index (χ0n) is 38.8. The summed E-state index contributed by atoms with van der Waals surface area (Å²) in [4.78, 5) is 2.01. The Morgan fingerprint density at radius 2 is 0.778 bits per heavy atom. The van der Waals surface area contributed by atoms with E-state index >= 15 is 0 Å². The first kappa shape index (κ1) is 23.0. The second kappa shape index (κ2) is 13.7. The standard InChI is InChI=1S/C52H35NS/c1-3-9-36(10-4-1)38-21-27-46(28-22-38)53(47-29-23-39(24-30-47)37-11-5-2-6-12-37)48-31-25-43-33-42(19-20-44(43)34-48)40-15-17-41(18-16-40)45-26-32-52-50(35-45)49-13-7-8-14-51(49)54-52/h1-35H/i1D,2D,3D,4D,5D,6D,9D,10D,11D,12D. The highest BCUT2D eigenvalue weighted by Crippen LogP contribution is 2.40. The highest BCUT2D eigenvalue weighted by atomic mass is 32.1. The summed E-state index contributed by atoms with van der Waals surface area (Å²) in [7, 11) is 0. The van der Waals surface area contributed by atoms with Gasteiger partial charge in [0.2, 0.25) is 0 Å². The molecule has 1 heterocycles. The van der Waals surface area contributed by atoms with Gasteiger partial charge in [0.05, 0.1) is 13.7 Å². The molecule has 0 saturated carbocycles. The van der Waals surface area contributed by atoms with Gasteiger partial charge in [0.15, 0.2) is 0 Å². The molecule has 0 N–H and O–H groups in total. The van der Waals surface area contributed by atoms with E-state index in [4.69, 9.17) is 13.7 Å². The second-order valence-electron chi connectivity index (χ2n) is 13.1. The number of fused-ring (bicyclic) bond motifs is 4. The summed E-state index contributed by atoms with van der Waals surface area (Å²) in [6.07, 6.45) is 0. The summed E-state index contributed by atoms with van der Waals surface area (Å²) in [5.74, 6) is 0. The predicted octanol–water partition coefficient (Wildman–Crippen LogP) is 15.3. The van der Waals surface area contributed by atoms with Gasteiger partial charge >= 0.3 is 0 Å². The van der Waals surface area contributed by atoms with Crippen LogP contribution in [-0.2, 0) is 0 Å². The molecular formula is C52H35NS. The van der Waals surface area contributed by atoms with E-state index in [1.807, 2.05) is 46.6 Å². The van der Waals surface area contributed by atoms with Crippen LogP contribution in [0.2, 0.25) is 0 Å². The molecule has 0 amide bonds. The average Bonchev–Trinajstić information content (AvgIpc) is 3.70. The Hall–Kier alpha value is -6.74. The summed E-state index contributed by atoms with van der Waals surface area (Å²) >= 11 is 1.81. The Balaban J connectivity index is 1.01. The Kier molecular flexibility index (Phi) is 5.83. The van der Waals surface area contributed by atoms with Crippen molar-refractivity contribution in [3.05, 3.63) is 212 Å². The van der Waals surface area contributed by atoms with E-state index in [0.717, 1.165) is 33.2 Å². The van der Waals surface area contributed by atoms with Gasteiger partial charge in [-0.05, 0) is 116 Å². The summed E-state index contributed by atoms with van der Waals surface area (Å²) in [6, 6.07) is 47.0. The van der Waals surface area contributed by atoms with Crippen LogP contribution in [0.25, 0.3) is 75.5 Å². The number of rotatable bonds is 7. The van der Waals surface area contributed by atoms with Gasteiger partial charge in [-0.1, -0.05) is 151 Å². The molecule has 0 spiro atoms. The molecule has 2 heteroatoms. The molecule has 0 fully saturated rings. The van der Waals surface area contributed by atoms with E-state index in [1.54, 1.807) is 24.3 Å². The van der Waals surface area contributed by atoms with Gasteiger partial charge in [-0.25, -0.2) is 0 Å². The summed E-state index contributed by atoms with van der Waals surface area (Å²) < 4.78 is 85.5. The minimum Gasteiger partial charge on any atom is -0.310 e. The van der Waals surface area contributed by atoms with Gasteiger partial charge in [0.25, 0.3) is 0 Å². The molecular weight excluding hydrogens is 671 g/mol. The van der Waals surface area contributed by atoms with Gasteiger partial charge in [-0.3, -0.25) is 0 Å². The predicted molar refractivity (Wildman–Crippen MR) is 233 cm³/mol. The van der Waals surface area contributed by atoms with Crippen LogP contribution in [0, 0.1) is 0 Å². The molecule has 9 aromatic carbocycles. The van der Waals surface area contributed by atoms with Crippen LogP contribution >= 0.6 is 11.3 Å². The van der Waals surface area contributed by atoms with Gasteiger partial charge in [-0.15, -0.1) is 11.3 Å². The van der Waals surface area contributed by atoms with E-state index in [-0.39, 0.29) is 35.3 Å². The summed E-state index contributed by atoms with van der Waals surface area (Å²) in [6.45, 7) is 0. The van der Waals surface area contributed by atoms with Crippen LogP contribution in [0.5, 0.6) is 0 Å². The topological polar surface area (TPSA) is 3.24 Å². The van der Waals surface area contributed by atoms with Crippen molar-refractivity contribution < 1.29 is 13.7 Å². The molecule has 1 aromatic heterocycles. The van der Waals surface area contributed by atoms with Gasteiger partial charge < -0.3 is 4.90 Å². The third kappa shape index (κ3) is 6.03. The quantitative estimate of drug-likeness (QED) is 0.159. The van der Waals surface area contributed by atoms with Crippen LogP contribution in [0.3, 0.4) is 0 Å². The first-order valence-corrected chi connectivity index (χ1v) is 18.4. The fraction of sp³-hybridized carbons (Fsp3) is 0. The van der Waals surface area contributed by atoms with Gasteiger partial charge in [0.1, 0.15) is 0 Å². The molecule has 0 aliphatic carbocycles. The van der Waals surface area contributed by atoms with Crippen molar-refractivity contribution >= 4 is 59.3 Å². The number of anilines is 3. The zero-order chi connectivity index (χ0) is 44.6. The molecule has 10 aromatic rings. The van der Waals surface area contributed by atoms with Gasteiger partial charge in [-0.2, -0.15) is 0 Å². The van der Waals surface area contributed by atoms with E-state index in [0.29, 0.717) is 22.5 Å². The van der Waals surface area contributed by atoms with Crippen molar-refractivity contribution in [3.63, 3.8) is 0 Å². The number of nitrogens with zero attached hydrogens (tertiary/aromatic N) is 1. The van der Waals surface area contributed by atoms with Crippen LogP contribution in [0.1, 0.15) is 13.7 Å². The highest BCUT2D eigenvalue weighted by Gasteiger charge is 2.15. The third-order valence-corrected chi connectivity index (χ3v) is 11.0. The van der Waals surface area contributed by atoms with Crippen LogP contribution in [0.4, 0.5) is 17.1 Å².